The van der Waals surface area contributed by atoms with Gasteiger partial charge in [-0.3, -0.25) is 14.5 Å². The first kappa shape index (κ1) is 21.3. The maximum absolute atomic E-state index is 14.0. The molecule has 1 aliphatic heterocycles. The molecule has 176 valence electrons. The van der Waals surface area contributed by atoms with Crippen molar-refractivity contribution in [1.29, 1.82) is 0 Å². The molecule has 6 rings (SSSR count). The molecule has 1 fully saturated rings. The minimum atomic E-state index is -0.431. The molecule has 35 heavy (non-hydrogen) atoms. The van der Waals surface area contributed by atoms with Gasteiger partial charge in [0.2, 0.25) is 5.91 Å². The Hall–Kier alpha value is -4.26. The van der Waals surface area contributed by atoms with Crippen LogP contribution in [0.4, 0.5) is 5.69 Å². The number of para-hydroxylation sites is 3. The number of hydrogen-bond donors (Lipinski definition) is 0. The van der Waals surface area contributed by atoms with E-state index in [9.17, 15) is 9.59 Å². The highest BCUT2D eigenvalue weighted by Crippen LogP contribution is 2.42. The quantitative estimate of drug-likeness (QED) is 0.399. The average molecular weight is 468 g/mol. The van der Waals surface area contributed by atoms with E-state index in [2.05, 4.69) is 4.57 Å². The van der Waals surface area contributed by atoms with Gasteiger partial charge in [0, 0.05) is 12.2 Å². The molecule has 1 atom stereocenters. The third-order valence-corrected chi connectivity index (χ3v) is 6.52. The van der Waals surface area contributed by atoms with Crippen LogP contribution in [0, 0.1) is 0 Å². The van der Waals surface area contributed by atoms with Gasteiger partial charge in [-0.05, 0) is 61.4 Å². The molecule has 0 radical (unpaired) electrons. The van der Waals surface area contributed by atoms with Gasteiger partial charge < -0.3 is 18.6 Å². The van der Waals surface area contributed by atoms with E-state index in [1.165, 1.54) is 0 Å². The smallest absolute Gasteiger partial charge is 0.261 e. The van der Waals surface area contributed by atoms with Crippen molar-refractivity contribution in [3.05, 3.63) is 103 Å². The Morgan fingerprint density at radius 3 is 2.43 bits per heavy atom. The summed E-state index contributed by atoms with van der Waals surface area (Å²) in [7, 11) is 0. The van der Waals surface area contributed by atoms with Crippen molar-refractivity contribution in [3.8, 4) is 11.4 Å². The number of ether oxygens (including phenoxy) is 1. The number of furan rings is 1. The Bertz CT molecular complexity index is 1340. The second-order valence-electron chi connectivity index (χ2n) is 8.83. The first-order chi connectivity index (χ1) is 17.2. The van der Waals surface area contributed by atoms with Crippen LogP contribution in [0.15, 0.2) is 95.7 Å². The number of fused-ring (bicyclic) bond motifs is 3. The monoisotopic (exact) mass is 467 g/mol. The van der Waals surface area contributed by atoms with Crippen LogP contribution in [-0.2, 0) is 9.59 Å². The van der Waals surface area contributed by atoms with E-state index >= 15 is 0 Å². The molecule has 0 spiro atoms. The van der Waals surface area contributed by atoms with Gasteiger partial charge in [0.1, 0.15) is 24.1 Å². The van der Waals surface area contributed by atoms with Gasteiger partial charge >= 0.3 is 0 Å². The lowest BCUT2D eigenvalue weighted by Gasteiger charge is -2.38. The lowest BCUT2D eigenvalue weighted by molar-refractivity contribution is -0.137. The van der Waals surface area contributed by atoms with Crippen molar-refractivity contribution >= 4 is 17.5 Å². The van der Waals surface area contributed by atoms with Crippen LogP contribution in [0.1, 0.15) is 30.3 Å². The molecule has 7 heteroatoms. The van der Waals surface area contributed by atoms with Crippen molar-refractivity contribution in [2.45, 2.75) is 24.9 Å². The summed E-state index contributed by atoms with van der Waals surface area (Å²) >= 11 is 0. The number of nitrogens with zero attached hydrogens (tertiary/aromatic N) is 3. The van der Waals surface area contributed by atoms with Crippen molar-refractivity contribution in [2.75, 3.05) is 18.1 Å². The van der Waals surface area contributed by atoms with Crippen molar-refractivity contribution in [1.82, 2.24) is 9.47 Å². The zero-order valence-electron chi connectivity index (χ0n) is 19.1. The van der Waals surface area contributed by atoms with Crippen LogP contribution in [-0.4, -0.2) is 40.5 Å². The minimum Gasteiger partial charge on any atom is -0.484 e. The van der Waals surface area contributed by atoms with Gasteiger partial charge in [-0.25, -0.2) is 0 Å². The molecular weight excluding hydrogens is 442 g/mol. The SMILES string of the molecule is O=C(COc1ccccc1)N(CC(=O)N1c2ccccc2-n2cccc2C1c1ccco1)C1CC1. The highest BCUT2D eigenvalue weighted by molar-refractivity contribution is 6.00. The first-order valence-electron chi connectivity index (χ1n) is 11.8. The lowest BCUT2D eigenvalue weighted by atomic mass is 10.0. The fourth-order valence-corrected chi connectivity index (χ4v) is 4.75. The van der Waals surface area contributed by atoms with Crippen LogP contribution in [0.3, 0.4) is 0 Å². The van der Waals surface area contributed by atoms with Gasteiger partial charge in [-0.1, -0.05) is 30.3 Å². The van der Waals surface area contributed by atoms with Crippen molar-refractivity contribution < 1.29 is 18.7 Å². The molecule has 2 aromatic carbocycles. The van der Waals surface area contributed by atoms with E-state index in [1.54, 1.807) is 16.1 Å². The molecule has 1 aliphatic carbocycles. The molecular formula is C28H25N3O4. The van der Waals surface area contributed by atoms with E-state index in [-0.39, 0.29) is 31.0 Å². The first-order valence-corrected chi connectivity index (χ1v) is 11.8. The Labute approximate surface area is 203 Å². The van der Waals surface area contributed by atoms with Crippen LogP contribution < -0.4 is 9.64 Å². The largest absolute Gasteiger partial charge is 0.484 e. The maximum atomic E-state index is 14.0. The van der Waals surface area contributed by atoms with Crippen molar-refractivity contribution in [2.24, 2.45) is 0 Å². The van der Waals surface area contributed by atoms with E-state index < -0.39 is 6.04 Å². The molecule has 0 bridgehead atoms. The number of anilines is 1. The van der Waals surface area contributed by atoms with Gasteiger partial charge in [-0.2, -0.15) is 0 Å². The highest BCUT2D eigenvalue weighted by atomic mass is 16.5. The summed E-state index contributed by atoms with van der Waals surface area (Å²) < 4.78 is 13.6. The Balaban J connectivity index is 1.30. The summed E-state index contributed by atoms with van der Waals surface area (Å²) in [5, 5.41) is 0. The number of carbonyl (C=O) groups is 2. The second-order valence-corrected chi connectivity index (χ2v) is 8.83. The molecule has 4 aromatic rings. The van der Waals surface area contributed by atoms with Gasteiger partial charge in [0.15, 0.2) is 6.61 Å². The normalized spacial score (nSPS) is 16.3. The zero-order valence-corrected chi connectivity index (χ0v) is 19.1. The predicted octanol–water partition coefficient (Wildman–Crippen LogP) is 4.58. The molecule has 7 nitrogen and oxygen atoms in total. The fraction of sp³-hybridized carbons (Fsp3) is 0.214. The summed E-state index contributed by atoms with van der Waals surface area (Å²) in [6.07, 6.45) is 5.40. The zero-order chi connectivity index (χ0) is 23.8. The number of benzene rings is 2. The molecule has 2 aromatic heterocycles. The maximum Gasteiger partial charge on any atom is 0.261 e. The Morgan fingerprint density at radius 2 is 1.69 bits per heavy atom. The average Bonchev–Trinajstić information content (AvgIpc) is 3.36. The summed E-state index contributed by atoms with van der Waals surface area (Å²) in [6, 6.07) is 24.4. The van der Waals surface area contributed by atoms with Crippen LogP contribution >= 0.6 is 0 Å². The molecule has 1 unspecified atom stereocenters. The van der Waals surface area contributed by atoms with Gasteiger partial charge in [0.25, 0.3) is 5.91 Å². The predicted molar refractivity (Wildman–Crippen MR) is 130 cm³/mol. The number of rotatable bonds is 7. The van der Waals surface area contributed by atoms with Gasteiger partial charge in [0.05, 0.1) is 23.3 Å². The second kappa shape index (κ2) is 8.83. The van der Waals surface area contributed by atoms with Crippen LogP contribution in [0.25, 0.3) is 5.69 Å². The van der Waals surface area contributed by atoms with E-state index in [0.29, 0.717) is 11.5 Å². The van der Waals surface area contributed by atoms with Gasteiger partial charge in [-0.15, -0.1) is 0 Å². The third kappa shape index (κ3) is 3.99. The molecule has 0 saturated heterocycles. The summed E-state index contributed by atoms with van der Waals surface area (Å²) in [4.78, 5) is 30.5. The summed E-state index contributed by atoms with van der Waals surface area (Å²) in [5.41, 5.74) is 2.63. The molecule has 1 saturated carbocycles. The molecule has 3 heterocycles. The molecule has 2 amide bonds. The number of aromatic nitrogens is 1. The van der Waals surface area contributed by atoms with Crippen molar-refractivity contribution in [3.63, 3.8) is 0 Å². The number of carbonyl (C=O) groups excluding carboxylic acids is 2. The number of amides is 2. The van der Waals surface area contributed by atoms with Crippen LogP contribution in [0.5, 0.6) is 5.75 Å². The standard InChI is InChI=1S/C28H25N3O4/c32-26(18-30(20-14-15-20)27(33)19-35-21-8-2-1-3-9-21)31-23-11-5-4-10-22(23)29-16-6-12-24(29)28(31)25-13-7-17-34-25/h1-13,16-17,20,28H,14-15,18-19H2. The molecule has 2 aliphatic rings. The highest BCUT2D eigenvalue weighted by Gasteiger charge is 2.40. The Morgan fingerprint density at radius 1 is 0.914 bits per heavy atom. The Kier molecular flexibility index (Phi) is 5.37. The third-order valence-electron chi connectivity index (χ3n) is 6.52. The fourth-order valence-electron chi connectivity index (χ4n) is 4.75. The molecule has 0 N–H and O–H groups in total. The number of hydrogen-bond acceptors (Lipinski definition) is 4. The minimum absolute atomic E-state index is 0.0199. The van der Waals surface area contributed by atoms with E-state index in [0.717, 1.165) is 29.9 Å². The van der Waals surface area contributed by atoms with E-state index in [1.807, 2.05) is 85.1 Å². The topological polar surface area (TPSA) is 67.9 Å². The van der Waals surface area contributed by atoms with E-state index in [4.69, 9.17) is 9.15 Å². The summed E-state index contributed by atoms with van der Waals surface area (Å²) in [5.74, 6) is 0.954. The summed E-state index contributed by atoms with van der Waals surface area (Å²) in [6.45, 7) is -0.122. The lowest BCUT2D eigenvalue weighted by Crippen LogP contribution is -2.48. The van der Waals surface area contributed by atoms with Crippen LogP contribution in [0.2, 0.25) is 0 Å².